The van der Waals surface area contributed by atoms with Crippen LogP contribution in [0.15, 0.2) is 90.1 Å². The number of carbonyl (C=O) groups is 2. The van der Waals surface area contributed by atoms with Gasteiger partial charge in [0.25, 0.3) is 5.91 Å². The quantitative estimate of drug-likeness (QED) is 0.321. The number of para-hydroxylation sites is 2. The van der Waals surface area contributed by atoms with Crippen LogP contribution in [0.25, 0.3) is 33.5 Å². The van der Waals surface area contributed by atoms with Crippen molar-refractivity contribution < 1.29 is 9.59 Å². The van der Waals surface area contributed by atoms with Gasteiger partial charge in [-0.1, -0.05) is 72.4 Å². The second kappa shape index (κ2) is 10.0. The first-order valence-electron chi connectivity index (χ1n) is 11.2. The Balaban J connectivity index is 1.41. The van der Waals surface area contributed by atoms with Crippen molar-refractivity contribution in [2.45, 2.75) is 5.16 Å². The Morgan fingerprint density at radius 2 is 1.67 bits per heavy atom. The molecule has 2 aromatic heterocycles. The van der Waals surface area contributed by atoms with Crippen molar-refractivity contribution in [3.05, 3.63) is 90.5 Å². The van der Waals surface area contributed by atoms with Gasteiger partial charge in [-0.25, -0.2) is 4.98 Å². The molecule has 0 fully saturated rings. The van der Waals surface area contributed by atoms with Gasteiger partial charge >= 0.3 is 0 Å². The van der Waals surface area contributed by atoms with Gasteiger partial charge in [0.15, 0.2) is 11.0 Å². The zero-order valence-corrected chi connectivity index (χ0v) is 20.2. The van der Waals surface area contributed by atoms with E-state index in [-0.39, 0.29) is 17.2 Å². The lowest BCUT2D eigenvalue weighted by Gasteiger charge is -2.10. The number of hydrogen-bond donors (Lipinski definition) is 2. The molecule has 0 unspecified atom stereocenters. The van der Waals surface area contributed by atoms with E-state index in [4.69, 9.17) is 10.7 Å². The summed E-state index contributed by atoms with van der Waals surface area (Å²) in [7, 11) is 1.87. The summed E-state index contributed by atoms with van der Waals surface area (Å²) < 4.78 is 1.87. The molecule has 0 aliphatic rings. The van der Waals surface area contributed by atoms with E-state index >= 15 is 0 Å². The van der Waals surface area contributed by atoms with E-state index in [2.05, 4.69) is 15.5 Å². The molecule has 5 aromatic rings. The molecule has 178 valence electrons. The Labute approximate surface area is 211 Å². The van der Waals surface area contributed by atoms with Crippen LogP contribution in [0.3, 0.4) is 0 Å². The first-order valence-corrected chi connectivity index (χ1v) is 12.2. The number of aromatic nitrogens is 4. The number of nitrogens with two attached hydrogens (primary N) is 1. The Bertz CT molecular complexity index is 1580. The number of hydrogen-bond acceptors (Lipinski definition) is 6. The van der Waals surface area contributed by atoms with Crippen molar-refractivity contribution in [1.29, 1.82) is 0 Å². The molecule has 3 N–H and O–H groups in total. The lowest BCUT2D eigenvalue weighted by atomic mass is 10.0. The van der Waals surface area contributed by atoms with E-state index in [1.54, 1.807) is 24.3 Å². The Kier molecular flexibility index (Phi) is 6.46. The molecule has 0 saturated carbocycles. The van der Waals surface area contributed by atoms with Gasteiger partial charge in [0, 0.05) is 23.6 Å². The number of nitrogens with one attached hydrogen (secondary N) is 1. The van der Waals surface area contributed by atoms with Gasteiger partial charge in [-0.15, -0.1) is 10.2 Å². The maximum Gasteiger partial charge on any atom is 0.250 e. The first kappa shape index (κ1) is 23.3. The average molecular weight is 495 g/mol. The average Bonchev–Trinajstić information content (AvgIpc) is 3.27. The van der Waals surface area contributed by atoms with Crippen LogP contribution in [0.2, 0.25) is 0 Å². The minimum Gasteiger partial charge on any atom is -0.366 e. The summed E-state index contributed by atoms with van der Waals surface area (Å²) in [6.45, 7) is 0. The summed E-state index contributed by atoms with van der Waals surface area (Å²) in [6, 6.07) is 26.5. The molecule has 0 spiro atoms. The first-order chi connectivity index (χ1) is 17.5. The molecule has 2 heterocycles. The van der Waals surface area contributed by atoms with Crippen LogP contribution in [0.5, 0.6) is 0 Å². The minimum absolute atomic E-state index is 0.0887. The molecular formula is C27H22N6O2S. The van der Waals surface area contributed by atoms with E-state index < -0.39 is 5.91 Å². The lowest BCUT2D eigenvalue weighted by molar-refractivity contribution is -0.113. The zero-order chi connectivity index (χ0) is 25.1. The molecule has 0 saturated heterocycles. The van der Waals surface area contributed by atoms with Crippen LogP contribution in [0.4, 0.5) is 5.69 Å². The fourth-order valence-electron chi connectivity index (χ4n) is 3.92. The van der Waals surface area contributed by atoms with Gasteiger partial charge in [0.2, 0.25) is 5.91 Å². The Hall–Kier alpha value is -4.50. The van der Waals surface area contributed by atoms with Crippen molar-refractivity contribution in [3.8, 4) is 22.6 Å². The summed E-state index contributed by atoms with van der Waals surface area (Å²) in [4.78, 5) is 29.0. The molecule has 0 atom stereocenters. The summed E-state index contributed by atoms with van der Waals surface area (Å²) in [5, 5.41) is 13.1. The number of benzene rings is 3. The highest BCUT2D eigenvalue weighted by Gasteiger charge is 2.18. The lowest BCUT2D eigenvalue weighted by Crippen LogP contribution is -2.19. The van der Waals surface area contributed by atoms with Gasteiger partial charge in [-0.05, 0) is 24.3 Å². The maximum atomic E-state index is 12.6. The van der Waals surface area contributed by atoms with Crippen molar-refractivity contribution in [3.63, 3.8) is 0 Å². The van der Waals surface area contributed by atoms with Crippen molar-refractivity contribution in [2.75, 3.05) is 11.1 Å². The van der Waals surface area contributed by atoms with Crippen LogP contribution >= 0.6 is 11.8 Å². The van der Waals surface area contributed by atoms with E-state index in [1.165, 1.54) is 11.8 Å². The topological polar surface area (TPSA) is 116 Å². The molecule has 5 rings (SSSR count). The summed E-state index contributed by atoms with van der Waals surface area (Å²) in [5.41, 5.74) is 9.65. The number of anilines is 1. The third-order valence-corrected chi connectivity index (χ3v) is 6.68. The van der Waals surface area contributed by atoms with Crippen molar-refractivity contribution in [2.24, 2.45) is 12.8 Å². The van der Waals surface area contributed by atoms with E-state index in [0.29, 0.717) is 16.7 Å². The molecular weight excluding hydrogens is 472 g/mol. The van der Waals surface area contributed by atoms with Crippen LogP contribution in [-0.2, 0) is 11.8 Å². The molecule has 36 heavy (non-hydrogen) atoms. The van der Waals surface area contributed by atoms with E-state index in [9.17, 15) is 9.59 Å². The normalized spacial score (nSPS) is 10.9. The standard InChI is InChI=1S/C27H22N6O2S/c1-33-26(20-15-23(17-9-3-2-4-10-17)29-21-13-7-5-11-18(20)21)31-32-27(33)36-16-24(34)30-22-14-8-6-12-19(22)25(28)35/h2-15H,16H2,1H3,(H2,28,35)(H,30,34). The zero-order valence-electron chi connectivity index (χ0n) is 19.4. The second-order valence-corrected chi connectivity index (χ2v) is 8.99. The molecule has 0 aliphatic heterocycles. The smallest absolute Gasteiger partial charge is 0.250 e. The number of thioether (sulfide) groups is 1. The SMILES string of the molecule is Cn1c(SCC(=O)Nc2ccccc2C(N)=O)nnc1-c1cc(-c2ccccc2)nc2ccccc12. The molecule has 9 heteroatoms. The summed E-state index contributed by atoms with van der Waals surface area (Å²) in [6.07, 6.45) is 0. The highest BCUT2D eigenvalue weighted by atomic mass is 32.2. The van der Waals surface area contributed by atoms with Gasteiger partial charge < -0.3 is 15.6 Å². The van der Waals surface area contributed by atoms with Crippen LogP contribution in [0.1, 0.15) is 10.4 Å². The molecule has 3 aromatic carbocycles. The molecule has 0 radical (unpaired) electrons. The number of fused-ring (bicyclic) bond motifs is 1. The Morgan fingerprint density at radius 1 is 0.944 bits per heavy atom. The molecule has 8 nitrogen and oxygen atoms in total. The monoisotopic (exact) mass is 494 g/mol. The fraction of sp³-hybridized carbons (Fsp3) is 0.0741. The predicted molar refractivity (Wildman–Crippen MR) is 141 cm³/mol. The van der Waals surface area contributed by atoms with Gasteiger partial charge in [-0.3, -0.25) is 9.59 Å². The van der Waals surface area contributed by atoms with Crippen LogP contribution in [-0.4, -0.2) is 37.3 Å². The largest absolute Gasteiger partial charge is 0.366 e. The third-order valence-electron chi connectivity index (χ3n) is 5.66. The number of carbonyl (C=O) groups excluding carboxylic acids is 2. The van der Waals surface area contributed by atoms with Crippen LogP contribution < -0.4 is 11.1 Å². The van der Waals surface area contributed by atoms with Crippen LogP contribution in [0, 0.1) is 0 Å². The van der Waals surface area contributed by atoms with Gasteiger partial charge in [-0.2, -0.15) is 0 Å². The van der Waals surface area contributed by atoms with E-state index in [0.717, 1.165) is 27.7 Å². The van der Waals surface area contributed by atoms with Gasteiger partial charge in [0.1, 0.15) is 0 Å². The highest BCUT2D eigenvalue weighted by molar-refractivity contribution is 7.99. The number of primary amides is 1. The second-order valence-electron chi connectivity index (χ2n) is 8.05. The number of rotatable bonds is 7. The number of pyridine rings is 1. The fourth-order valence-corrected chi connectivity index (χ4v) is 4.63. The Morgan fingerprint density at radius 3 is 2.47 bits per heavy atom. The molecule has 2 amide bonds. The third kappa shape index (κ3) is 4.69. The molecule has 0 aliphatic carbocycles. The van der Waals surface area contributed by atoms with Crippen molar-refractivity contribution >= 4 is 40.2 Å². The molecule has 0 bridgehead atoms. The minimum atomic E-state index is -0.601. The van der Waals surface area contributed by atoms with Crippen molar-refractivity contribution in [1.82, 2.24) is 19.7 Å². The summed E-state index contributed by atoms with van der Waals surface area (Å²) in [5.74, 6) is -0.117. The number of nitrogens with zero attached hydrogens (tertiary/aromatic N) is 4. The van der Waals surface area contributed by atoms with E-state index in [1.807, 2.05) is 72.3 Å². The maximum absolute atomic E-state index is 12.6. The summed E-state index contributed by atoms with van der Waals surface area (Å²) >= 11 is 1.26. The number of amides is 2. The van der Waals surface area contributed by atoms with Gasteiger partial charge in [0.05, 0.1) is 28.2 Å². The highest BCUT2D eigenvalue weighted by Crippen LogP contribution is 2.32. The predicted octanol–water partition coefficient (Wildman–Crippen LogP) is 4.53.